The number of rotatable bonds is 3. The summed E-state index contributed by atoms with van der Waals surface area (Å²) in [6.45, 7) is 6.58. The molecule has 0 aliphatic carbocycles. The summed E-state index contributed by atoms with van der Waals surface area (Å²) >= 11 is 0. The van der Waals surface area contributed by atoms with Gasteiger partial charge in [-0.15, -0.1) is 0 Å². The third kappa shape index (κ3) is 2.88. The fourth-order valence-electron chi connectivity index (χ4n) is 2.43. The van der Waals surface area contributed by atoms with E-state index in [2.05, 4.69) is 15.6 Å². The number of carbonyl (C=O) groups is 1. The van der Waals surface area contributed by atoms with Gasteiger partial charge in [0, 0.05) is 18.2 Å². The molecule has 0 bridgehead atoms. The molecule has 2 rings (SSSR count). The smallest absolute Gasteiger partial charge is 0.253 e. The van der Waals surface area contributed by atoms with E-state index in [1.54, 1.807) is 0 Å². The lowest BCUT2D eigenvalue weighted by molar-refractivity contribution is 0.0953. The van der Waals surface area contributed by atoms with E-state index in [4.69, 9.17) is 0 Å². The lowest BCUT2D eigenvalue weighted by Gasteiger charge is -2.24. The Kier molecular flexibility index (Phi) is 4.31. The summed E-state index contributed by atoms with van der Waals surface area (Å²) in [5.74, 6) is 0.405. The van der Waals surface area contributed by atoms with Crippen LogP contribution in [0, 0.1) is 6.92 Å². The summed E-state index contributed by atoms with van der Waals surface area (Å²) in [6, 6.07) is 3.82. The number of aryl methyl sites for hydroxylation is 1. The Hall–Kier alpha value is -1.42. The third-order valence-electron chi connectivity index (χ3n) is 3.37. The van der Waals surface area contributed by atoms with E-state index in [0.717, 1.165) is 42.9 Å². The van der Waals surface area contributed by atoms with Crippen molar-refractivity contribution in [1.82, 2.24) is 15.6 Å². The molecule has 1 fully saturated rings. The van der Waals surface area contributed by atoms with Gasteiger partial charge in [0.15, 0.2) is 0 Å². The molecule has 98 valence electrons. The second-order valence-electron chi connectivity index (χ2n) is 4.77. The van der Waals surface area contributed by atoms with E-state index in [-0.39, 0.29) is 5.91 Å². The number of aromatic nitrogens is 1. The van der Waals surface area contributed by atoms with Crippen molar-refractivity contribution in [1.29, 1.82) is 0 Å². The largest absolute Gasteiger partial charge is 0.352 e. The standard InChI is InChI=1S/C14H21N3O/c1-3-16-14(18)12-5-4-10(2)17-13(12)11-6-8-15-9-7-11/h4-5,11,15H,3,6-9H2,1-2H3,(H,16,18). The van der Waals surface area contributed by atoms with Gasteiger partial charge in [0.05, 0.1) is 11.3 Å². The van der Waals surface area contributed by atoms with Crippen LogP contribution in [0.1, 0.15) is 47.4 Å². The highest BCUT2D eigenvalue weighted by Gasteiger charge is 2.22. The topological polar surface area (TPSA) is 54.0 Å². The summed E-state index contributed by atoms with van der Waals surface area (Å²) < 4.78 is 0. The number of pyridine rings is 1. The van der Waals surface area contributed by atoms with Crippen LogP contribution in [0.3, 0.4) is 0 Å². The number of hydrogen-bond acceptors (Lipinski definition) is 3. The predicted molar refractivity (Wildman–Crippen MR) is 71.8 cm³/mol. The Morgan fingerprint density at radius 1 is 1.44 bits per heavy atom. The van der Waals surface area contributed by atoms with Gasteiger partial charge >= 0.3 is 0 Å². The van der Waals surface area contributed by atoms with Crippen molar-refractivity contribution in [3.63, 3.8) is 0 Å². The Morgan fingerprint density at radius 2 is 2.17 bits per heavy atom. The minimum atomic E-state index is -0.00136. The molecule has 18 heavy (non-hydrogen) atoms. The second-order valence-corrected chi connectivity index (χ2v) is 4.77. The van der Waals surface area contributed by atoms with Gasteiger partial charge in [0.1, 0.15) is 0 Å². The molecule has 1 aromatic heterocycles. The Morgan fingerprint density at radius 3 is 2.83 bits per heavy atom. The Balaban J connectivity index is 2.30. The van der Waals surface area contributed by atoms with E-state index in [9.17, 15) is 4.79 Å². The fourth-order valence-corrected chi connectivity index (χ4v) is 2.43. The van der Waals surface area contributed by atoms with Crippen LogP contribution >= 0.6 is 0 Å². The summed E-state index contributed by atoms with van der Waals surface area (Å²) in [5, 5.41) is 6.21. The van der Waals surface area contributed by atoms with E-state index in [1.807, 2.05) is 26.0 Å². The molecule has 1 saturated heterocycles. The highest BCUT2D eigenvalue weighted by atomic mass is 16.1. The van der Waals surface area contributed by atoms with E-state index in [0.29, 0.717) is 12.5 Å². The van der Waals surface area contributed by atoms with Crippen molar-refractivity contribution >= 4 is 5.91 Å². The molecule has 0 radical (unpaired) electrons. The van der Waals surface area contributed by atoms with Gasteiger partial charge in [-0.2, -0.15) is 0 Å². The normalized spacial score (nSPS) is 16.6. The first-order valence-corrected chi connectivity index (χ1v) is 6.68. The molecule has 0 aromatic carbocycles. The zero-order chi connectivity index (χ0) is 13.0. The molecule has 0 spiro atoms. The van der Waals surface area contributed by atoms with Crippen molar-refractivity contribution in [3.8, 4) is 0 Å². The van der Waals surface area contributed by atoms with Crippen molar-refractivity contribution in [2.24, 2.45) is 0 Å². The van der Waals surface area contributed by atoms with Crippen molar-refractivity contribution in [3.05, 3.63) is 29.1 Å². The highest BCUT2D eigenvalue weighted by Crippen LogP contribution is 2.26. The molecule has 0 atom stereocenters. The van der Waals surface area contributed by atoms with Crippen LogP contribution < -0.4 is 10.6 Å². The Bertz CT molecular complexity index is 425. The zero-order valence-corrected chi connectivity index (χ0v) is 11.1. The molecule has 1 aliphatic rings. The first-order valence-electron chi connectivity index (χ1n) is 6.68. The van der Waals surface area contributed by atoms with Crippen LogP contribution in [-0.4, -0.2) is 30.5 Å². The first-order chi connectivity index (χ1) is 8.72. The van der Waals surface area contributed by atoms with E-state index in [1.165, 1.54) is 0 Å². The number of nitrogens with one attached hydrogen (secondary N) is 2. The number of hydrogen-bond donors (Lipinski definition) is 2. The van der Waals surface area contributed by atoms with Crippen LogP contribution in [-0.2, 0) is 0 Å². The van der Waals surface area contributed by atoms with Crippen molar-refractivity contribution < 1.29 is 4.79 Å². The monoisotopic (exact) mass is 247 g/mol. The number of carbonyl (C=O) groups excluding carboxylic acids is 1. The lowest BCUT2D eigenvalue weighted by atomic mass is 9.90. The van der Waals surface area contributed by atoms with Crippen molar-refractivity contribution in [2.45, 2.75) is 32.6 Å². The van der Waals surface area contributed by atoms with Crippen LogP contribution in [0.2, 0.25) is 0 Å². The maximum Gasteiger partial charge on any atom is 0.253 e. The van der Waals surface area contributed by atoms with Crippen LogP contribution in [0.15, 0.2) is 12.1 Å². The molecule has 4 heteroatoms. The lowest BCUT2D eigenvalue weighted by Crippen LogP contribution is -2.30. The molecular formula is C14H21N3O. The molecule has 4 nitrogen and oxygen atoms in total. The summed E-state index contributed by atoms with van der Waals surface area (Å²) in [4.78, 5) is 16.7. The van der Waals surface area contributed by atoms with E-state index < -0.39 is 0 Å². The van der Waals surface area contributed by atoms with Crippen LogP contribution in [0.5, 0.6) is 0 Å². The van der Waals surface area contributed by atoms with Gasteiger partial charge in [-0.25, -0.2) is 0 Å². The molecule has 1 amide bonds. The van der Waals surface area contributed by atoms with Gasteiger partial charge in [-0.3, -0.25) is 9.78 Å². The van der Waals surface area contributed by atoms with E-state index >= 15 is 0 Å². The number of piperidine rings is 1. The minimum absolute atomic E-state index is 0.00136. The van der Waals surface area contributed by atoms with Crippen LogP contribution in [0.25, 0.3) is 0 Å². The molecule has 2 heterocycles. The van der Waals surface area contributed by atoms with Crippen molar-refractivity contribution in [2.75, 3.05) is 19.6 Å². The number of amides is 1. The average Bonchev–Trinajstić information content (AvgIpc) is 2.40. The molecule has 1 aliphatic heterocycles. The van der Waals surface area contributed by atoms with Gasteiger partial charge in [0.2, 0.25) is 0 Å². The highest BCUT2D eigenvalue weighted by molar-refractivity contribution is 5.95. The molecule has 0 unspecified atom stereocenters. The summed E-state index contributed by atoms with van der Waals surface area (Å²) in [6.07, 6.45) is 2.12. The van der Waals surface area contributed by atoms with Gasteiger partial charge < -0.3 is 10.6 Å². The first kappa shape index (κ1) is 13.0. The SMILES string of the molecule is CCNC(=O)c1ccc(C)nc1C1CCNCC1. The van der Waals surface area contributed by atoms with Gasteiger partial charge in [0.25, 0.3) is 5.91 Å². The van der Waals surface area contributed by atoms with Crippen LogP contribution in [0.4, 0.5) is 0 Å². The van der Waals surface area contributed by atoms with Gasteiger partial charge in [-0.05, 0) is 51.9 Å². The molecule has 0 saturated carbocycles. The quantitative estimate of drug-likeness (QED) is 0.853. The maximum atomic E-state index is 12.1. The summed E-state index contributed by atoms with van der Waals surface area (Å²) in [7, 11) is 0. The number of nitrogens with zero attached hydrogens (tertiary/aromatic N) is 1. The predicted octanol–water partition coefficient (Wildman–Crippen LogP) is 1.61. The molecular weight excluding hydrogens is 226 g/mol. The van der Waals surface area contributed by atoms with Gasteiger partial charge in [-0.1, -0.05) is 0 Å². The average molecular weight is 247 g/mol. The molecule has 1 aromatic rings. The fraction of sp³-hybridized carbons (Fsp3) is 0.571. The third-order valence-corrected chi connectivity index (χ3v) is 3.37. The maximum absolute atomic E-state index is 12.1. The summed E-state index contributed by atoms with van der Waals surface area (Å²) in [5.41, 5.74) is 2.70. The zero-order valence-electron chi connectivity index (χ0n) is 11.1. The molecule has 2 N–H and O–H groups in total. The Labute approximate surface area is 108 Å². The minimum Gasteiger partial charge on any atom is -0.352 e. The second kappa shape index (κ2) is 5.96.